The number of aliphatic hydroxyl groups is 1. The first-order valence-electron chi connectivity index (χ1n) is 7.41. The number of rotatable bonds is 9. The summed E-state index contributed by atoms with van der Waals surface area (Å²) in [5.41, 5.74) is 0. The number of carbonyl (C=O) groups is 2. The Kier molecular flexibility index (Phi) is 8.22. The van der Waals surface area contributed by atoms with Gasteiger partial charge in [0.15, 0.2) is 0 Å². The summed E-state index contributed by atoms with van der Waals surface area (Å²) in [4.78, 5) is 24.9. The van der Waals surface area contributed by atoms with Crippen molar-refractivity contribution >= 4 is 11.9 Å². The van der Waals surface area contributed by atoms with E-state index >= 15 is 0 Å². The van der Waals surface area contributed by atoms with Gasteiger partial charge in [-0.25, -0.2) is 0 Å². The van der Waals surface area contributed by atoms with E-state index < -0.39 is 0 Å². The number of aliphatic hydroxyl groups excluding tert-OH is 1. The molecule has 1 fully saturated rings. The van der Waals surface area contributed by atoms with Crippen molar-refractivity contribution in [1.29, 1.82) is 0 Å². The number of esters is 1. The molecule has 2 N–H and O–H groups in total. The fourth-order valence-electron chi connectivity index (χ4n) is 2.43. The lowest BCUT2D eigenvalue weighted by atomic mass is 10.1. The average Bonchev–Trinajstić information content (AvgIpc) is 2.83. The van der Waals surface area contributed by atoms with Crippen molar-refractivity contribution in [2.75, 3.05) is 39.4 Å². The summed E-state index contributed by atoms with van der Waals surface area (Å²) in [6.45, 7) is 5.11. The van der Waals surface area contributed by atoms with Gasteiger partial charge in [-0.2, -0.15) is 0 Å². The van der Waals surface area contributed by atoms with Gasteiger partial charge in [-0.15, -0.1) is 0 Å². The van der Waals surface area contributed by atoms with E-state index in [9.17, 15) is 9.59 Å². The third-order valence-corrected chi connectivity index (χ3v) is 3.46. The largest absolute Gasteiger partial charge is 0.466 e. The lowest BCUT2D eigenvalue weighted by molar-refractivity contribution is -0.143. The van der Waals surface area contributed by atoms with Crippen LogP contribution in [0.25, 0.3) is 0 Å². The van der Waals surface area contributed by atoms with Crippen LogP contribution in [0.15, 0.2) is 0 Å². The van der Waals surface area contributed by atoms with Gasteiger partial charge in [-0.05, 0) is 38.6 Å². The van der Waals surface area contributed by atoms with Crippen molar-refractivity contribution in [3.05, 3.63) is 0 Å². The van der Waals surface area contributed by atoms with E-state index in [4.69, 9.17) is 9.84 Å². The zero-order valence-electron chi connectivity index (χ0n) is 12.3. The molecule has 0 aromatic carbocycles. The molecule has 0 radical (unpaired) electrons. The molecule has 0 bridgehead atoms. The molecule has 1 aliphatic rings. The maximum Gasteiger partial charge on any atom is 0.305 e. The van der Waals surface area contributed by atoms with E-state index in [0.717, 1.165) is 25.9 Å². The van der Waals surface area contributed by atoms with Crippen LogP contribution in [0.3, 0.4) is 0 Å². The fraction of sp³-hybridized carbons (Fsp3) is 0.857. The van der Waals surface area contributed by atoms with Crippen molar-refractivity contribution in [3.63, 3.8) is 0 Å². The first-order chi connectivity index (χ1) is 9.65. The maximum atomic E-state index is 11.7. The van der Waals surface area contributed by atoms with Crippen molar-refractivity contribution in [3.8, 4) is 0 Å². The minimum Gasteiger partial charge on any atom is -0.466 e. The van der Waals surface area contributed by atoms with Gasteiger partial charge >= 0.3 is 5.97 Å². The first kappa shape index (κ1) is 16.9. The Labute approximate surface area is 120 Å². The zero-order valence-corrected chi connectivity index (χ0v) is 12.3. The maximum absolute atomic E-state index is 11.7. The number of amides is 1. The number of hydrogen-bond donors (Lipinski definition) is 2. The summed E-state index contributed by atoms with van der Waals surface area (Å²) in [6.07, 6.45) is 2.82. The topological polar surface area (TPSA) is 78.9 Å². The number of hydrogen-bond acceptors (Lipinski definition) is 5. The minimum atomic E-state index is -0.215. The van der Waals surface area contributed by atoms with Crippen LogP contribution in [0.4, 0.5) is 0 Å². The van der Waals surface area contributed by atoms with E-state index in [1.807, 2.05) is 0 Å². The standard InChI is InChI=1S/C14H26N2O4/c1-2-20-14(19)4-3-7-15-13(18)11-16-8-5-12(10-16)6-9-17/h12,17H,2-11H2,1H3,(H,15,18). The summed E-state index contributed by atoms with van der Waals surface area (Å²) in [5, 5.41) is 11.7. The first-order valence-corrected chi connectivity index (χ1v) is 7.41. The van der Waals surface area contributed by atoms with E-state index in [2.05, 4.69) is 10.2 Å². The van der Waals surface area contributed by atoms with E-state index in [1.54, 1.807) is 6.92 Å². The van der Waals surface area contributed by atoms with Crippen molar-refractivity contribution in [2.24, 2.45) is 5.92 Å². The molecule has 1 rings (SSSR count). The highest BCUT2D eigenvalue weighted by molar-refractivity contribution is 5.78. The minimum absolute atomic E-state index is 0.00138. The van der Waals surface area contributed by atoms with Crippen molar-refractivity contribution < 1.29 is 19.4 Å². The van der Waals surface area contributed by atoms with Gasteiger partial charge in [-0.1, -0.05) is 0 Å². The van der Waals surface area contributed by atoms with E-state index in [-0.39, 0.29) is 18.5 Å². The molecule has 116 valence electrons. The van der Waals surface area contributed by atoms with Crippen LogP contribution >= 0.6 is 0 Å². The third kappa shape index (κ3) is 6.86. The Hall–Kier alpha value is -1.14. The Morgan fingerprint density at radius 1 is 1.45 bits per heavy atom. The molecule has 0 aromatic rings. The smallest absolute Gasteiger partial charge is 0.305 e. The summed E-state index contributed by atoms with van der Waals surface area (Å²) in [5.74, 6) is 0.295. The van der Waals surface area contributed by atoms with Crippen LogP contribution in [-0.2, 0) is 14.3 Å². The van der Waals surface area contributed by atoms with E-state index in [0.29, 0.717) is 38.5 Å². The average molecular weight is 286 g/mol. The molecular formula is C14H26N2O4. The second-order valence-corrected chi connectivity index (χ2v) is 5.16. The molecular weight excluding hydrogens is 260 g/mol. The molecule has 1 atom stereocenters. The Balaban J connectivity index is 2.05. The van der Waals surface area contributed by atoms with Crippen LogP contribution in [0.5, 0.6) is 0 Å². The Morgan fingerprint density at radius 3 is 2.95 bits per heavy atom. The normalized spacial score (nSPS) is 19.0. The number of carbonyl (C=O) groups excluding carboxylic acids is 2. The van der Waals surface area contributed by atoms with Crippen LogP contribution < -0.4 is 5.32 Å². The van der Waals surface area contributed by atoms with Crippen molar-refractivity contribution in [1.82, 2.24) is 10.2 Å². The monoisotopic (exact) mass is 286 g/mol. The molecule has 0 saturated carbocycles. The zero-order chi connectivity index (χ0) is 14.8. The Morgan fingerprint density at radius 2 is 2.25 bits per heavy atom. The third-order valence-electron chi connectivity index (χ3n) is 3.46. The van der Waals surface area contributed by atoms with Crippen molar-refractivity contribution in [2.45, 2.75) is 32.6 Å². The molecule has 1 unspecified atom stereocenters. The molecule has 0 spiro atoms. The van der Waals surface area contributed by atoms with Gasteiger partial charge in [0.05, 0.1) is 13.2 Å². The predicted octanol–water partition coefficient (Wildman–Crippen LogP) is 0.150. The van der Waals surface area contributed by atoms with Crippen LogP contribution in [0.2, 0.25) is 0 Å². The molecule has 1 saturated heterocycles. The van der Waals surface area contributed by atoms with Gasteiger partial charge in [-0.3, -0.25) is 14.5 Å². The fourth-order valence-corrected chi connectivity index (χ4v) is 2.43. The molecule has 1 amide bonds. The summed E-state index contributed by atoms with van der Waals surface area (Å²) < 4.78 is 4.81. The van der Waals surface area contributed by atoms with Crippen LogP contribution in [0, 0.1) is 5.92 Å². The van der Waals surface area contributed by atoms with Gasteiger partial charge < -0.3 is 15.2 Å². The molecule has 1 heterocycles. The van der Waals surface area contributed by atoms with Gasteiger partial charge in [0.25, 0.3) is 0 Å². The second kappa shape index (κ2) is 9.72. The van der Waals surface area contributed by atoms with Gasteiger partial charge in [0, 0.05) is 26.1 Å². The molecule has 1 aliphatic heterocycles. The van der Waals surface area contributed by atoms with Gasteiger partial charge in [0.1, 0.15) is 0 Å². The molecule has 0 aliphatic carbocycles. The number of nitrogens with zero attached hydrogens (tertiary/aromatic N) is 1. The SMILES string of the molecule is CCOC(=O)CCCNC(=O)CN1CCC(CCO)C1. The highest BCUT2D eigenvalue weighted by Crippen LogP contribution is 2.18. The highest BCUT2D eigenvalue weighted by atomic mass is 16.5. The van der Waals surface area contributed by atoms with Gasteiger partial charge in [0.2, 0.25) is 5.91 Å². The molecule has 6 heteroatoms. The predicted molar refractivity (Wildman–Crippen MR) is 75.1 cm³/mol. The van der Waals surface area contributed by atoms with E-state index in [1.165, 1.54) is 0 Å². The Bertz CT molecular complexity index is 310. The second-order valence-electron chi connectivity index (χ2n) is 5.16. The summed E-state index contributed by atoms with van der Waals surface area (Å²) in [6, 6.07) is 0. The number of likely N-dealkylation sites (tertiary alicyclic amines) is 1. The summed E-state index contributed by atoms with van der Waals surface area (Å²) >= 11 is 0. The quantitative estimate of drug-likeness (QED) is 0.466. The molecule has 6 nitrogen and oxygen atoms in total. The number of nitrogens with one attached hydrogen (secondary N) is 1. The summed E-state index contributed by atoms with van der Waals surface area (Å²) in [7, 11) is 0. The lowest BCUT2D eigenvalue weighted by Gasteiger charge is -2.15. The van der Waals surface area contributed by atoms with Crippen LogP contribution in [0.1, 0.15) is 32.6 Å². The number of ether oxygens (including phenoxy) is 1. The molecule has 0 aromatic heterocycles. The molecule has 20 heavy (non-hydrogen) atoms. The van der Waals surface area contributed by atoms with Crippen LogP contribution in [-0.4, -0.2) is 61.3 Å². The lowest BCUT2D eigenvalue weighted by Crippen LogP contribution is -2.36. The highest BCUT2D eigenvalue weighted by Gasteiger charge is 2.23.